The number of nitrogens with zero attached hydrogens (tertiary/aromatic N) is 1. The summed E-state index contributed by atoms with van der Waals surface area (Å²) in [6.45, 7) is 5.39. The van der Waals surface area contributed by atoms with Crippen LogP contribution in [0.4, 0.5) is 0 Å². The zero-order valence-corrected chi connectivity index (χ0v) is 18.0. The van der Waals surface area contributed by atoms with Crippen LogP contribution in [0, 0.1) is 0 Å². The maximum Gasteiger partial charge on any atom is 0.254 e. The van der Waals surface area contributed by atoms with Gasteiger partial charge in [0.15, 0.2) is 17.3 Å². The maximum absolute atomic E-state index is 13.2. The van der Waals surface area contributed by atoms with Crippen molar-refractivity contribution in [2.75, 3.05) is 20.3 Å². The van der Waals surface area contributed by atoms with Crippen LogP contribution in [0.3, 0.4) is 0 Å². The van der Waals surface area contributed by atoms with Gasteiger partial charge in [-0.15, -0.1) is 0 Å². The molecule has 0 N–H and O–H groups in total. The largest absolute Gasteiger partial charge is 0.493 e. The van der Waals surface area contributed by atoms with Gasteiger partial charge in [-0.2, -0.15) is 0 Å². The fourth-order valence-corrected chi connectivity index (χ4v) is 3.98. The Morgan fingerprint density at radius 1 is 0.871 bits per heavy atom. The first-order chi connectivity index (χ1) is 15.1. The van der Waals surface area contributed by atoms with Gasteiger partial charge >= 0.3 is 0 Å². The highest BCUT2D eigenvalue weighted by Crippen LogP contribution is 2.37. The lowest BCUT2D eigenvalue weighted by atomic mass is 10.0. The zero-order chi connectivity index (χ0) is 22.0. The Bertz CT molecular complexity index is 1150. The smallest absolute Gasteiger partial charge is 0.254 e. The molecule has 31 heavy (non-hydrogen) atoms. The van der Waals surface area contributed by atoms with Gasteiger partial charge in [0.2, 0.25) is 0 Å². The van der Waals surface area contributed by atoms with Gasteiger partial charge in [0, 0.05) is 29.8 Å². The van der Waals surface area contributed by atoms with E-state index in [2.05, 4.69) is 0 Å². The molecule has 3 aromatic carbocycles. The first-order valence-electron chi connectivity index (χ1n) is 10.4. The summed E-state index contributed by atoms with van der Waals surface area (Å²) in [5.74, 6) is 1.19. The summed E-state index contributed by atoms with van der Waals surface area (Å²) in [7, 11) is 1.60. The second-order valence-electron chi connectivity index (χ2n) is 7.37. The highest BCUT2D eigenvalue weighted by atomic mass is 16.5. The molecule has 0 radical (unpaired) electrons. The molecule has 1 aliphatic rings. The van der Waals surface area contributed by atoms with Gasteiger partial charge in [-0.1, -0.05) is 36.4 Å². The molecular weight excluding hydrogens is 390 g/mol. The van der Waals surface area contributed by atoms with Crippen molar-refractivity contribution >= 4 is 11.7 Å². The molecular formula is C26H25NO4. The Labute approximate surface area is 182 Å². The van der Waals surface area contributed by atoms with Crippen LogP contribution in [0.15, 0.2) is 60.7 Å². The Hall–Kier alpha value is -3.60. The number of fused-ring (bicyclic) bond motifs is 3. The summed E-state index contributed by atoms with van der Waals surface area (Å²) in [5.41, 5.74) is 4.55. The molecule has 0 aliphatic heterocycles. The summed E-state index contributed by atoms with van der Waals surface area (Å²) >= 11 is 0. The summed E-state index contributed by atoms with van der Waals surface area (Å²) in [6.07, 6.45) is 0. The monoisotopic (exact) mass is 415 g/mol. The molecule has 0 saturated carbocycles. The quantitative estimate of drug-likeness (QED) is 0.428. The van der Waals surface area contributed by atoms with Crippen LogP contribution in [0.2, 0.25) is 0 Å². The highest BCUT2D eigenvalue weighted by molar-refractivity contribution is 6.22. The van der Waals surface area contributed by atoms with Crippen molar-refractivity contribution in [3.8, 4) is 22.6 Å². The normalized spacial score (nSPS) is 11.6. The van der Waals surface area contributed by atoms with Gasteiger partial charge in [-0.05, 0) is 54.8 Å². The number of rotatable bonds is 7. The number of ether oxygens (including phenoxy) is 2. The van der Waals surface area contributed by atoms with Crippen molar-refractivity contribution in [2.24, 2.45) is 0 Å². The second-order valence-corrected chi connectivity index (χ2v) is 7.37. The number of hydrogen-bond acceptors (Lipinski definition) is 4. The van der Waals surface area contributed by atoms with Gasteiger partial charge < -0.3 is 14.4 Å². The third kappa shape index (κ3) is 3.79. The first-order valence-corrected chi connectivity index (χ1v) is 10.4. The molecule has 0 saturated heterocycles. The summed E-state index contributed by atoms with van der Waals surface area (Å²) in [4.78, 5) is 27.8. The molecule has 3 aromatic rings. The van der Waals surface area contributed by atoms with Crippen LogP contribution in [0.25, 0.3) is 11.1 Å². The van der Waals surface area contributed by atoms with E-state index in [1.54, 1.807) is 24.1 Å². The van der Waals surface area contributed by atoms with Crippen LogP contribution in [0.1, 0.15) is 45.7 Å². The Balaban J connectivity index is 1.58. The predicted octanol–water partition coefficient (Wildman–Crippen LogP) is 4.97. The second kappa shape index (κ2) is 8.64. The topological polar surface area (TPSA) is 55.8 Å². The van der Waals surface area contributed by atoms with Crippen LogP contribution < -0.4 is 9.47 Å². The highest BCUT2D eigenvalue weighted by Gasteiger charge is 2.27. The molecule has 5 nitrogen and oxygen atoms in total. The lowest BCUT2D eigenvalue weighted by Crippen LogP contribution is -2.30. The Morgan fingerprint density at radius 3 is 2.32 bits per heavy atom. The van der Waals surface area contributed by atoms with Crippen molar-refractivity contribution < 1.29 is 19.1 Å². The van der Waals surface area contributed by atoms with Crippen LogP contribution in [-0.2, 0) is 6.54 Å². The SMILES string of the molecule is CCOc1ccc(CN(CC)C(=O)c2ccc3c(c2)C(=O)c2ccccc2-3)cc1OC. The van der Waals surface area contributed by atoms with Crippen molar-refractivity contribution in [3.05, 3.63) is 82.9 Å². The fourth-order valence-electron chi connectivity index (χ4n) is 3.98. The minimum atomic E-state index is -0.109. The molecule has 0 unspecified atom stereocenters. The predicted molar refractivity (Wildman–Crippen MR) is 120 cm³/mol. The average molecular weight is 415 g/mol. The zero-order valence-electron chi connectivity index (χ0n) is 18.0. The van der Waals surface area contributed by atoms with E-state index in [1.807, 2.05) is 62.4 Å². The number of methoxy groups -OCH3 is 1. The first kappa shape index (κ1) is 20.7. The van der Waals surface area contributed by atoms with Gasteiger partial charge in [0.25, 0.3) is 5.91 Å². The minimum absolute atomic E-state index is 0.0282. The molecule has 4 rings (SSSR count). The molecule has 0 fully saturated rings. The molecule has 1 amide bonds. The van der Waals surface area contributed by atoms with Crippen LogP contribution in [-0.4, -0.2) is 36.9 Å². The number of hydrogen-bond donors (Lipinski definition) is 0. The Morgan fingerprint density at radius 2 is 1.61 bits per heavy atom. The number of ketones is 1. The maximum atomic E-state index is 13.2. The van der Waals surface area contributed by atoms with E-state index >= 15 is 0 Å². The van der Waals surface area contributed by atoms with Gasteiger partial charge in [-0.25, -0.2) is 0 Å². The van der Waals surface area contributed by atoms with Gasteiger partial charge in [0.05, 0.1) is 13.7 Å². The number of amides is 1. The van der Waals surface area contributed by atoms with E-state index in [-0.39, 0.29) is 11.7 Å². The lowest BCUT2D eigenvalue weighted by Gasteiger charge is -2.22. The van der Waals surface area contributed by atoms with Gasteiger partial charge in [0.1, 0.15) is 0 Å². The molecule has 0 heterocycles. The van der Waals surface area contributed by atoms with Crippen molar-refractivity contribution in [3.63, 3.8) is 0 Å². The third-order valence-electron chi connectivity index (χ3n) is 5.54. The van der Waals surface area contributed by atoms with E-state index in [9.17, 15) is 9.59 Å². The van der Waals surface area contributed by atoms with E-state index in [4.69, 9.17) is 9.47 Å². The molecule has 0 bridgehead atoms. The molecule has 0 atom stereocenters. The Kier molecular flexibility index (Phi) is 5.76. The fraction of sp³-hybridized carbons (Fsp3) is 0.231. The van der Waals surface area contributed by atoms with Gasteiger partial charge in [-0.3, -0.25) is 9.59 Å². The van der Waals surface area contributed by atoms with Crippen LogP contribution in [0.5, 0.6) is 11.5 Å². The molecule has 158 valence electrons. The van der Waals surface area contributed by atoms with Crippen molar-refractivity contribution in [2.45, 2.75) is 20.4 Å². The van der Waals surface area contributed by atoms with Crippen molar-refractivity contribution in [1.82, 2.24) is 4.90 Å². The van der Waals surface area contributed by atoms with Crippen LogP contribution >= 0.6 is 0 Å². The third-order valence-corrected chi connectivity index (χ3v) is 5.54. The molecule has 0 spiro atoms. The molecule has 5 heteroatoms. The molecule has 1 aliphatic carbocycles. The number of carbonyl (C=O) groups is 2. The summed E-state index contributed by atoms with van der Waals surface area (Å²) in [5, 5.41) is 0. The summed E-state index contributed by atoms with van der Waals surface area (Å²) < 4.78 is 11.0. The number of carbonyl (C=O) groups excluding carboxylic acids is 2. The van der Waals surface area contributed by atoms with Crippen molar-refractivity contribution in [1.29, 1.82) is 0 Å². The average Bonchev–Trinajstić information content (AvgIpc) is 3.09. The van der Waals surface area contributed by atoms with E-state index in [1.165, 1.54) is 0 Å². The standard InChI is InChI=1S/C26H25NO4/c1-4-27(16-17-10-13-23(31-5-2)24(14-17)30-3)26(29)18-11-12-20-19-8-6-7-9-21(19)25(28)22(20)15-18/h6-15H,4-5,16H2,1-3H3. The lowest BCUT2D eigenvalue weighted by molar-refractivity contribution is 0.0752. The minimum Gasteiger partial charge on any atom is -0.493 e. The summed E-state index contributed by atoms with van der Waals surface area (Å²) in [6, 6.07) is 18.6. The molecule has 0 aromatic heterocycles. The number of benzene rings is 3. The van der Waals surface area contributed by atoms with E-state index in [0.29, 0.717) is 47.9 Å². The van der Waals surface area contributed by atoms with E-state index < -0.39 is 0 Å². The van der Waals surface area contributed by atoms with E-state index in [0.717, 1.165) is 16.7 Å².